The maximum atomic E-state index is 13.2. The van der Waals surface area contributed by atoms with Crippen molar-refractivity contribution in [1.82, 2.24) is 10.2 Å². The molecule has 0 aliphatic rings. The molecule has 0 radical (unpaired) electrons. The van der Waals surface area contributed by atoms with Gasteiger partial charge in [-0.2, -0.15) is 0 Å². The van der Waals surface area contributed by atoms with E-state index in [4.69, 9.17) is 23.2 Å². The van der Waals surface area contributed by atoms with Gasteiger partial charge < -0.3 is 10.2 Å². The van der Waals surface area contributed by atoms with Crippen molar-refractivity contribution in [3.63, 3.8) is 0 Å². The van der Waals surface area contributed by atoms with Gasteiger partial charge >= 0.3 is 0 Å². The molecular formula is C24H30Cl2N2O2S. The second-order valence-corrected chi connectivity index (χ2v) is 10.3. The van der Waals surface area contributed by atoms with Crippen LogP contribution in [0.15, 0.2) is 53.4 Å². The number of thioether (sulfide) groups is 1. The minimum absolute atomic E-state index is 0.0720. The first-order valence-electron chi connectivity index (χ1n) is 10.3. The first-order chi connectivity index (χ1) is 14.6. The van der Waals surface area contributed by atoms with E-state index in [9.17, 15) is 9.59 Å². The summed E-state index contributed by atoms with van der Waals surface area (Å²) in [5.41, 5.74) is 0.443. The molecule has 0 spiro atoms. The summed E-state index contributed by atoms with van der Waals surface area (Å²) in [4.78, 5) is 28.9. The van der Waals surface area contributed by atoms with E-state index in [0.29, 0.717) is 35.2 Å². The van der Waals surface area contributed by atoms with Gasteiger partial charge in [0.25, 0.3) is 0 Å². The highest BCUT2D eigenvalue weighted by molar-refractivity contribution is 7.99. The van der Waals surface area contributed by atoms with Gasteiger partial charge in [-0.3, -0.25) is 9.59 Å². The summed E-state index contributed by atoms with van der Waals surface area (Å²) in [6, 6.07) is 14.4. The van der Waals surface area contributed by atoms with Crippen LogP contribution in [0.3, 0.4) is 0 Å². The van der Waals surface area contributed by atoms with E-state index in [-0.39, 0.29) is 17.4 Å². The molecule has 4 nitrogen and oxygen atoms in total. The van der Waals surface area contributed by atoms with Crippen LogP contribution in [0.1, 0.15) is 46.1 Å². The lowest BCUT2D eigenvalue weighted by molar-refractivity contribution is -0.141. The van der Waals surface area contributed by atoms with Gasteiger partial charge in [-0.15, -0.1) is 11.8 Å². The van der Waals surface area contributed by atoms with Crippen LogP contribution in [-0.2, 0) is 16.1 Å². The van der Waals surface area contributed by atoms with Crippen LogP contribution in [-0.4, -0.2) is 34.0 Å². The van der Waals surface area contributed by atoms with Crippen LogP contribution in [0.2, 0.25) is 10.0 Å². The number of nitrogens with one attached hydrogen (secondary N) is 1. The molecule has 1 atom stereocenters. The number of nitrogens with zero attached hydrogens (tertiary/aromatic N) is 1. The van der Waals surface area contributed by atoms with Gasteiger partial charge in [0, 0.05) is 39.2 Å². The summed E-state index contributed by atoms with van der Waals surface area (Å²) in [6.45, 7) is 8.00. The molecule has 2 rings (SSSR count). The molecular weight excluding hydrogens is 451 g/mol. The van der Waals surface area contributed by atoms with Gasteiger partial charge in [-0.25, -0.2) is 0 Å². The highest BCUT2D eigenvalue weighted by Gasteiger charge is 2.30. The van der Waals surface area contributed by atoms with Gasteiger partial charge in [0.05, 0.1) is 0 Å². The minimum atomic E-state index is -0.566. The number of hydrogen-bond acceptors (Lipinski definition) is 3. The molecule has 0 saturated heterocycles. The van der Waals surface area contributed by atoms with Crippen molar-refractivity contribution < 1.29 is 9.59 Å². The third-order valence-corrected chi connectivity index (χ3v) is 6.22. The SMILES string of the molecule is CC[C@@H](C(=O)NC(C)(C)C)N(Cc1ccccc1Cl)C(=O)CCSc1ccc(Cl)cc1. The van der Waals surface area contributed by atoms with Gasteiger partial charge in [-0.05, 0) is 63.1 Å². The van der Waals surface area contributed by atoms with Gasteiger partial charge in [0.1, 0.15) is 6.04 Å². The number of carbonyl (C=O) groups excluding carboxylic acids is 2. The van der Waals surface area contributed by atoms with Gasteiger partial charge in [0.15, 0.2) is 0 Å². The lowest BCUT2D eigenvalue weighted by Crippen LogP contribution is -2.53. The van der Waals surface area contributed by atoms with Crippen LogP contribution < -0.4 is 5.32 Å². The average molecular weight is 481 g/mol. The van der Waals surface area contributed by atoms with E-state index in [2.05, 4.69) is 5.32 Å². The number of hydrogen-bond donors (Lipinski definition) is 1. The molecule has 0 bridgehead atoms. The molecule has 7 heteroatoms. The summed E-state index contributed by atoms with van der Waals surface area (Å²) in [5, 5.41) is 4.28. The topological polar surface area (TPSA) is 49.4 Å². The summed E-state index contributed by atoms with van der Waals surface area (Å²) in [6.07, 6.45) is 0.833. The Morgan fingerprint density at radius 1 is 1.06 bits per heavy atom. The molecule has 0 saturated carbocycles. The van der Waals surface area contributed by atoms with Crippen molar-refractivity contribution in [3.05, 3.63) is 64.1 Å². The van der Waals surface area contributed by atoms with Crippen LogP contribution >= 0.6 is 35.0 Å². The molecule has 0 heterocycles. The molecule has 2 amide bonds. The summed E-state index contributed by atoms with van der Waals surface area (Å²) < 4.78 is 0. The number of halogens is 2. The monoisotopic (exact) mass is 480 g/mol. The fourth-order valence-electron chi connectivity index (χ4n) is 3.11. The Morgan fingerprint density at radius 3 is 2.29 bits per heavy atom. The Kier molecular flexibility index (Phi) is 9.73. The Hall–Kier alpha value is -1.69. The summed E-state index contributed by atoms with van der Waals surface area (Å²) in [7, 11) is 0. The van der Waals surface area contributed by atoms with E-state index in [1.54, 1.807) is 22.7 Å². The number of rotatable bonds is 9. The largest absolute Gasteiger partial charge is 0.350 e. The van der Waals surface area contributed by atoms with E-state index < -0.39 is 6.04 Å². The maximum absolute atomic E-state index is 13.2. The first-order valence-corrected chi connectivity index (χ1v) is 12.1. The fourth-order valence-corrected chi connectivity index (χ4v) is 4.28. The summed E-state index contributed by atoms with van der Waals surface area (Å²) >= 11 is 13.9. The number of benzene rings is 2. The second kappa shape index (κ2) is 11.8. The molecule has 31 heavy (non-hydrogen) atoms. The standard InChI is InChI=1S/C24H30Cl2N2O2S/c1-5-21(23(30)27-24(2,3)4)28(16-17-8-6-7-9-20(17)26)22(29)14-15-31-19-12-10-18(25)11-13-19/h6-13,21H,5,14-16H2,1-4H3,(H,27,30)/t21-/m0/s1. The molecule has 2 aromatic rings. The van der Waals surface area contributed by atoms with Crippen molar-refractivity contribution in [2.75, 3.05) is 5.75 Å². The van der Waals surface area contributed by atoms with E-state index >= 15 is 0 Å². The normalized spacial score (nSPS) is 12.3. The fraction of sp³-hybridized carbons (Fsp3) is 0.417. The predicted octanol–water partition coefficient (Wildman–Crippen LogP) is 6.20. The van der Waals surface area contributed by atoms with Crippen LogP contribution in [0.4, 0.5) is 0 Å². The molecule has 0 aliphatic heterocycles. The smallest absolute Gasteiger partial charge is 0.243 e. The quantitative estimate of drug-likeness (QED) is 0.434. The highest BCUT2D eigenvalue weighted by Crippen LogP contribution is 2.24. The Labute approximate surface area is 199 Å². The zero-order valence-electron chi connectivity index (χ0n) is 18.5. The number of carbonyl (C=O) groups is 2. The first kappa shape index (κ1) is 25.6. The van der Waals surface area contributed by atoms with Crippen molar-refractivity contribution in [1.29, 1.82) is 0 Å². The third-order valence-electron chi connectivity index (χ3n) is 4.58. The molecule has 0 aromatic heterocycles. The molecule has 0 aliphatic carbocycles. The van der Waals surface area contributed by atoms with Crippen LogP contribution in [0, 0.1) is 0 Å². The predicted molar refractivity (Wildman–Crippen MR) is 131 cm³/mol. The third kappa shape index (κ3) is 8.40. The van der Waals surface area contributed by atoms with Gasteiger partial charge in [0.2, 0.25) is 11.8 Å². The molecule has 1 N–H and O–H groups in total. The van der Waals surface area contributed by atoms with Crippen molar-refractivity contribution in [2.24, 2.45) is 0 Å². The van der Waals surface area contributed by atoms with Gasteiger partial charge in [-0.1, -0.05) is 48.3 Å². The highest BCUT2D eigenvalue weighted by atomic mass is 35.5. The minimum Gasteiger partial charge on any atom is -0.350 e. The molecule has 0 fully saturated rings. The van der Waals surface area contributed by atoms with E-state index in [0.717, 1.165) is 10.5 Å². The molecule has 0 unspecified atom stereocenters. The Morgan fingerprint density at radius 2 is 1.71 bits per heavy atom. The lowest BCUT2D eigenvalue weighted by atomic mass is 10.1. The Bertz CT molecular complexity index is 882. The van der Waals surface area contributed by atoms with E-state index in [1.807, 2.05) is 70.2 Å². The summed E-state index contributed by atoms with van der Waals surface area (Å²) in [5.74, 6) is 0.384. The zero-order valence-corrected chi connectivity index (χ0v) is 20.8. The maximum Gasteiger partial charge on any atom is 0.243 e. The van der Waals surface area contributed by atoms with E-state index in [1.165, 1.54) is 0 Å². The van der Waals surface area contributed by atoms with Crippen LogP contribution in [0.25, 0.3) is 0 Å². The zero-order chi connectivity index (χ0) is 23.0. The molecule has 168 valence electrons. The van der Waals surface area contributed by atoms with Crippen molar-refractivity contribution >= 4 is 46.8 Å². The van der Waals surface area contributed by atoms with Crippen molar-refractivity contribution in [2.45, 2.75) is 63.6 Å². The van der Waals surface area contributed by atoms with Crippen molar-refractivity contribution in [3.8, 4) is 0 Å². The average Bonchev–Trinajstić information content (AvgIpc) is 2.69. The Balaban J connectivity index is 2.16. The lowest BCUT2D eigenvalue weighted by Gasteiger charge is -2.33. The van der Waals surface area contributed by atoms with Crippen LogP contribution in [0.5, 0.6) is 0 Å². The second-order valence-electron chi connectivity index (χ2n) is 8.33. The number of amides is 2. The molecule has 2 aromatic carbocycles.